The van der Waals surface area contributed by atoms with Gasteiger partial charge in [0.15, 0.2) is 0 Å². The molecule has 1 heterocycles. The second-order valence-corrected chi connectivity index (χ2v) is 3.95. The monoisotopic (exact) mass is 230 g/mol. The van der Waals surface area contributed by atoms with Gasteiger partial charge in [0, 0.05) is 11.4 Å². The minimum atomic E-state index is -0.268. The summed E-state index contributed by atoms with van der Waals surface area (Å²) in [5.74, 6) is -0.266. The number of aromatic nitrogens is 1. The first kappa shape index (κ1) is 11.5. The Morgan fingerprint density at radius 1 is 1.35 bits per heavy atom. The van der Waals surface area contributed by atoms with Crippen molar-refractivity contribution in [3.05, 3.63) is 42.1 Å². The van der Waals surface area contributed by atoms with Crippen molar-refractivity contribution in [3.8, 4) is 0 Å². The van der Waals surface area contributed by atoms with Gasteiger partial charge < -0.3 is 10.4 Å². The molecule has 2 N–H and O–H groups in total. The van der Waals surface area contributed by atoms with Gasteiger partial charge in [0.05, 0.1) is 12.1 Å². The minimum absolute atomic E-state index is 0.0840. The Kier molecular flexibility index (Phi) is 3.35. The predicted octanol–water partition coefficient (Wildman–Crippen LogP) is 1.35. The fourth-order valence-electron chi connectivity index (χ4n) is 1.54. The van der Waals surface area contributed by atoms with Gasteiger partial charge in [0.1, 0.15) is 5.69 Å². The van der Waals surface area contributed by atoms with Gasteiger partial charge in [-0.1, -0.05) is 24.3 Å². The first-order valence-electron chi connectivity index (χ1n) is 5.48. The minimum Gasteiger partial charge on any atom is -0.394 e. The molecule has 1 atom stereocenters. The Morgan fingerprint density at radius 3 is 2.88 bits per heavy atom. The van der Waals surface area contributed by atoms with Crippen molar-refractivity contribution in [2.75, 3.05) is 6.61 Å². The number of benzene rings is 1. The SMILES string of the molecule is C[C@H](CO)NC(=O)c1ccc2ccccc2n1. The maximum atomic E-state index is 11.8. The first-order valence-corrected chi connectivity index (χ1v) is 5.48. The molecule has 0 unspecified atom stereocenters. The third kappa shape index (κ3) is 2.60. The van der Waals surface area contributed by atoms with E-state index < -0.39 is 0 Å². The average molecular weight is 230 g/mol. The number of fused-ring (bicyclic) bond motifs is 1. The van der Waals surface area contributed by atoms with Gasteiger partial charge in [-0.15, -0.1) is 0 Å². The second-order valence-electron chi connectivity index (χ2n) is 3.95. The summed E-state index contributed by atoms with van der Waals surface area (Å²) in [7, 11) is 0. The van der Waals surface area contributed by atoms with Crippen LogP contribution in [0.1, 0.15) is 17.4 Å². The van der Waals surface area contributed by atoms with Crippen molar-refractivity contribution in [2.24, 2.45) is 0 Å². The van der Waals surface area contributed by atoms with E-state index in [0.29, 0.717) is 5.69 Å². The number of nitrogens with one attached hydrogen (secondary N) is 1. The lowest BCUT2D eigenvalue weighted by atomic mass is 10.2. The number of aliphatic hydroxyl groups excluding tert-OH is 1. The Bertz CT molecular complexity index is 540. The van der Waals surface area contributed by atoms with Gasteiger partial charge in [-0.3, -0.25) is 4.79 Å². The third-order valence-corrected chi connectivity index (χ3v) is 2.48. The number of hydrogen-bond acceptors (Lipinski definition) is 3. The van der Waals surface area contributed by atoms with E-state index in [1.807, 2.05) is 30.3 Å². The van der Waals surface area contributed by atoms with E-state index in [1.165, 1.54) is 0 Å². The molecule has 0 fully saturated rings. The van der Waals surface area contributed by atoms with Gasteiger partial charge >= 0.3 is 0 Å². The molecule has 0 bridgehead atoms. The molecule has 0 aliphatic heterocycles. The van der Waals surface area contributed by atoms with Crippen LogP contribution in [0.15, 0.2) is 36.4 Å². The molecule has 0 aliphatic carbocycles. The summed E-state index contributed by atoms with van der Waals surface area (Å²) in [6, 6.07) is 10.9. The Labute approximate surface area is 99.3 Å². The largest absolute Gasteiger partial charge is 0.394 e. The highest BCUT2D eigenvalue weighted by atomic mass is 16.3. The molecule has 0 saturated heterocycles. The molecule has 2 aromatic rings. The van der Waals surface area contributed by atoms with E-state index in [9.17, 15) is 4.79 Å². The van der Waals surface area contributed by atoms with Crippen LogP contribution < -0.4 is 5.32 Å². The Hall–Kier alpha value is -1.94. The number of hydrogen-bond donors (Lipinski definition) is 2. The van der Waals surface area contributed by atoms with E-state index in [-0.39, 0.29) is 18.6 Å². The number of para-hydroxylation sites is 1. The predicted molar refractivity (Wildman–Crippen MR) is 65.8 cm³/mol. The summed E-state index contributed by atoms with van der Waals surface area (Å²) in [5.41, 5.74) is 1.15. The number of amides is 1. The summed E-state index contributed by atoms with van der Waals surface area (Å²) < 4.78 is 0. The molecule has 2 rings (SSSR count). The molecule has 17 heavy (non-hydrogen) atoms. The van der Waals surface area contributed by atoms with Crippen molar-refractivity contribution in [3.63, 3.8) is 0 Å². The molecular weight excluding hydrogens is 216 g/mol. The Balaban J connectivity index is 2.27. The van der Waals surface area contributed by atoms with Crippen molar-refractivity contribution in [1.82, 2.24) is 10.3 Å². The third-order valence-electron chi connectivity index (χ3n) is 2.48. The standard InChI is InChI=1S/C13H14N2O2/c1-9(8-16)14-13(17)12-7-6-10-4-2-3-5-11(10)15-12/h2-7,9,16H,8H2,1H3,(H,14,17)/t9-/m1/s1. The molecule has 0 saturated carbocycles. The van der Waals surface area contributed by atoms with Crippen LogP contribution in [0.4, 0.5) is 0 Å². The van der Waals surface area contributed by atoms with Crippen molar-refractivity contribution in [2.45, 2.75) is 13.0 Å². The van der Waals surface area contributed by atoms with E-state index in [2.05, 4.69) is 10.3 Å². The second kappa shape index (κ2) is 4.93. The number of carbonyl (C=O) groups is 1. The van der Waals surface area contributed by atoms with Crippen LogP contribution >= 0.6 is 0 Å². The maximum absolute atomic E-state index is 11.8. The van der Waals surface area contributed by atoms with Crippen LogP contribution in [0.5, 0.6) is 0 Å². The summed E-state index contributed by atoms with van der Waals surface area (Å²) in [5, 5.41) is 12.5. The number of carbonyl (C=O) groups excluding carboxylic acids is 1. The average Bonchev–Trinajstić information content (AvgIpc) is 2.38. The zero-order chi connectivity index (χ0) is 12.3. The smallest absolute Gasteiger partial charge is 0.270 e. The molecule has 88 valence electrons. The van der Waals surface area contributed by atoms with Gasteiger partial charge in [0.25, 0.3) is 5.91 Å². The fraction of sp³-hybridized carbons (Fsp3) is 0.231. The first-order chi connectivity index (χ1) is 8.20. The van der Waals surface area contributed by atoms with E-state index in [0.717, 1.165) is 10.9 Å². The van der Waals surface area contributed by atoms with Crippen LogP contribution in [0, 0.1) is 0 Å². The molecule has 0 spiro atoms. The molecule has 4 nitrogen and oxygen atoms in total. The zero-order valence-electron chi connectivity index (χ0n) is 9.55. The number of aliphatic hydroxyl groups is 1. The van der Waals surface area contributed by atoms with Crippen LogP contribution in [-0.2, 0) is 0 Å². The molecule has 1 amide bonds. The van der Waals surface area contributed by atoms with Gasteiger partial charge in [0.2, 0.25) is 0 Å². The van der Waals surface area contributed by atoms with Crippen molar-refractivity contribution in [1.29, 1.82) is 0 Å². The fourth-order valence-corrected chi connectivity index (χ4v) is 1.54. The van der Waals surface area contributed by atoms with Crippen LogP contribution in [0.2, 0.25) is 0 Å². The van der Waals surface area contributed by atoms with Crippen molar-refractivity contribution < 1.29 is 9.90 Å². The normalized spacial score (nSPS) is 12.4. The maximum Gasteiger partial charge on any atom is 0.270 e. The van der Waals surface area contributed by atoms with E-state index in [4.69, 9.17) is 5.11 Å². The lowest BCUT2D eigenvalue weighted by Gasteiger charge is -2.10. The number of nitrogens with zero attached hydrogens (tertiary/aromatic N) is 1. The quantitative estimate of drug-likeness (QED) is 0.836. The van der Waals surface area contributed by atoms with Crippen LogP contribution in [-0.4, -0.2) is 28.6 Å². The summed E-state index contributed by atoms with van der Waals surface area (Å²) in [6.07, 6.45) is 0. The lowest BCUT2D eigenvalue weighted by Crippen LogP contribution is -2.35. The van der Waals surface area contributed by atoms with Gasteiger partial charge in [-0.2, -0.15) is 0 Å². The summed E-state index contributed by atoms with van der Waals surface area (Å²) in [4.78, 5) is 16.0. The highest BCUT2D eigenvalue weighted by molar-refractivity contribution is 5.95. The van der Waals surface area contributed by atoms with Crippen molar-refractivity contribution >= 4 is 16.8 Å². The van der Waals surface area contributed by atoms with E-state index >= 15 is 0 Å². The molecule has 1 aromatic heterocycles. The molecule has 4 heteroatoms. The topological polar surface area (TPSA) is 62.2 Å². The van der Waals surface area contributed by atoms with Gasteiger partial charge in [-0.05, 0) is 19.1 Å². The summed E-state index contributed by atoms with van der Waals surface area (Å²) >= 11 is 0. The van der Waals surface area contributed by atoms with Gasteiger partial charge in [-0.25, -0.2) is 4.98 Å². The number of rotatable bonds is 3. The molecule has 0 radical (unpaired) electrons. The summed E-state index contributed by atoms with van der Waals surface area (Å²) in [6.45, 7) is 1.65. The molecule has 0 aliphatic rings. The zero-order valence-corrected chi connectivity index (χ0v) is 9.55. The molecule has 1 aromatic carbocycles. The van der Waals surface area contributed by atoms with Crippen LogP contribution in [0.25, 0.3) is 10.9 Å². The van der Waals surface area contributed by atoms with E-state index in [1.54, 1.807) is 13.0 Å². The highest BCUT2D eigenvalue weighted by Crippen LogP contribution is 2.11. The van der Waals surface area contributed by atoms with Crippen LogP contribution in [0.3, 0.4) is 0 Å². The highest BCUT2D eigenvalue weighted by Gasteiger charge is 2.10. The lowest BCUT2D eigenvalue weighted by molar-refractivity contribution is 0.0917. The Morgan fingerprint density at radius 2 is 2.12 bits per heavy atom. The number of pyridine rings is 1. The molecular formula is C13H14N2O2.